The van der Waals surface area contributed by atoms with E-state index in [4.69, 9.17) is 4.74 Å². The maximum atomic E-state index is 11.2. The van der Waals surface area contributed by atoms with Crippen molar-refractivity contribution in [1.29, 1.82) is 0 Å². The summed E-state index contributed by atoms with van der Waals surface area (Å²) < 4.78 is 5.08. The summed E-state index contributed by atoms with van der Waals surface area (Å²) in [6, 6.07) is 3.15. The summed E-state index contributed by atoms with van der Waals surface area (Å²) in [5.41, 5.74) is 0.528. The number of aromatic nitrogens is 1. The Hall–Kier alpha value is -1.69. The largest absolute Gasteiger partial charge is 0.481 e. The van der Waals surface area contributed by atoms with Crippen molar-refractivity contribution in [1.82, 2.24) is 10.3 Å². The molecule has 2 unspecified atom stereocenters. The van der Waals surface area contributed by atoms with E-state index in [9.17, 15) is 10.1 Å². The van der Waals surface area contributed by atoms with Crippen LogP contribution in [0.15, 0.2) is 12.1 Å². The van der Waals surface area contributed by atoms with Gasteiger partial charge in [0.05, 0.1) is 12.0 Å². The van der Waals surface area contributed by atoms with Crippen LogP contribution in [-0.2, 0) is 0 Å². The monoisotopic (exact) mass is 281 g/mol. The number of rotatable bonds is 8. The Balaban J connectivity index is 3.10. The molecule has 1 N–H and O–H groups in total. The van der Waals surface area contributed by atoms with E-state index >= 15 is 0 Å². The molecule has 1 heterocycles. The number of ether oxygens (including phenoxy) is 1. The lowest BCUT2D eigenvalue weighted by Crippen LogP contribution is -2.34. The van der Waals surface area contributed by atoms with Gasteiger partial charge in [-0.1, -0.05) is 20.8 Å². The number of pyridine rings is 1. The lowest BCUT2D eigenvalue weighted by atomic mass is 9.94. The molecule has 0 fully saturated rings. The van der Waals surface area contributed by atoms with E-state index in [2.05, 4.69) is 24.1 Å². The predicted octanol–water partition coefficient (Wildman–Crippen LogP) is 2.88. The fourth-order valence-corrected chi connectivity index (χ4v) is 2.25. The fraction of sp³-hybridized carbons (Fsp3) is 0.643. The second kappa shape index (κ2) is 7.79. The first-order valence-corrected chi connectivity index (χ1v) is 6.97. The highest BCUT2D eigenvalue weighted by Gasteiger charge is 2.26. The molecule has 0 saturated heterocycles. The van der Waals surface area contributed by atoms with E-state index in [1.165, 1.54) is 19.2 Å². The van der Waals surface area contributed by atoms with Gasteiger partial charge in [-0.25, -0.2) is 4.98 Å². The van der Waals surface area contributed by atoms with Crippen molar-refractivity contribution in [2.75, 3.05) is 13.7 Å². The molecular weight excluding hydrogens is 258 g/mol. The Morgan fingerprint density at radius 1 is 1.45 bits per heavy atom. The van der Waals surface area contributed by atoms with Crippen molar-refractivity contribution in [3.8, 4) is 5.88 Å². The van der Waals surface area contributed by atoms with E-state index in [0.717, 1.165) is 19.4 Å². The molecule has 20 heavy (non-hydrogen) atoms. The zero-order valence-corrected chi connectivity index (χ0v) is 12.5. The van der Waals surface area contributed by atoms with Crippen LogP contribution in [0.5, 0.6) is 5.88 Å². The lowest BCUT2D eigenvalue weighted by Gasteiger charge is -2.23. The first kappa shape index (κ1) is 16.4. The molecule has 0 aliphatic carbocycles. The number of nitrogens with one attached hydrogen (secondary N) is 1. The first-order chi connectivity index (χ1) is 9.54. The van der Waals surface area contributed by atoms with E-state index in [1.807, 2.05) is 6.92 Å². The van der Waals surface area contributed by atoms with Gasteiger partial charge in [0, 0.05) is 24.1 Å². The van der Waals surface area contributed by atoms with E-state index in [-0.39, 0.29) is 22.6 Å². The van der Waals surface area contributed by atoms with Crippen LogP contribution in [0.4, 0.5) is 5.69 Å². The highest BCUT2D eigenvalue weighted by molar-refractivity contribution is 5.40. The summed E-state index contributed by atoms with van der Waals surface area (Å²) in [4.78, 5) is 15.1. The van der Waals surface area contributed by atoms with Crippen LogP contribution < -0.4 is 10.1 Å². The fourth-order valence-electron chi connectivity index (χ4n) is 2.25. The minimum atomic E-state index is -0.384. The highest BCUT2D eigenvalue weighted by Crippen LogP contribution is 2.30. The van der Waals surface area contributed by atoms with Gasteiger partial charge < -0.3 is 10.1 Å². The minimum Gasteiger partial charge on any atom is -0.481 e. The van der Waals surface area contributed by atoms with Gasteiger partial charge in [-0.3, -0.25) is 10.1 Å². The van der Waals surface area contributed by atoms with Crippen molar-refractivity contribution in [2.24, 2.45) is 0 Å². The van der Waals surface area contributed by atoms with Gasteiger partial charge in [0.15, 0.2) is 0 Å². The van der Waals surface area contributed by atoms with Crippen molar-refractivity contribution < 1.29 is 9.66 Å². The van der Waals surface area contributed by atoms with Gasteiger partial charge in [-0.05, 0) is 19.4 Å². The van der Waals surface area contributed by atoms with Crippen LogP contribution in [-0.4, -0.2) is 29.6 Å². The second-order valence-electron chi connectivity index (χ2n) is 4.77. The van der Waals surface area contributed by atoms with Crippen LogP contribution in [0.3, 0.4) is 0 Å². The Morgan fingerprint density at radius 2 is 2.15 bits per heavy atom. The second-order valence-corrected chi connectivity index (χ2v) is 4.77. The predicted molar refractivity (Wildman–Crippen MR) is 78.2 cm³/mol. The molecular formula is C14H23N3O3. The lowest BCUT2D eigenvalue weighted by molar-refractivity contribution is -0.386. The van der Waals surface area contributed by atoms with Gasteiger partial charge in [-0.2, -0.15) is 0 Å². The average molecular weight is 281 g/mol. The molecule has 0 aliphatic heterocycles. The van der Waals surface area contributed by atoms with Crippen molar-refractivity contribution in [3.05, 3.63) is 27.9 Å². The maximum Gasteiger partial charge on any atom is 0.291 e. The van der Waals surface area contributed by atoms with Crippen molar-refractivity contribution in [3.63, 3.8) is 0 Å². The van der Waals surface area contributed by atoms with Gasteiger partial charge >= 0.3 is 0 Å². The van der Waals surface area contributed by atoms with Crippen LogP contribution in [0.25, 0.3) is 0 Å². The molecule has 1 aromatic rings. The third-order valence-electron chi connectivity index (χ3n) is 3.41. The zero-order chi connectivity index (χ0) is 15.1. The van der Waals surface area contributed by atoms with Crippen LogP contribution in [0.1, 0.15) is 45.2 Å². The summed E-state index contributed by atoms with van der Waals surface area (Å²) in [6.45, 7) is 7.01. The summed E-state index contributed by atoms with van der Waals surface area (Å²) in [6.07, 6.45) is 1.91. The molecule has 2 atom stereocenters. The number of hydrogen-bond donors (Lipinski definition) is 1. The summed E-state index contributed by atoms with van der Waals surface area (Å²) in [7, 11) is 1.51. The Labute approximate surface area is 119 Å². The molecule has 112 valence electrons. The Kier molecular flexibility index (Phi) is 6.38. The molecule has 0 amide bonds. The third kappa shape index (κ3) is 3.90. The molecule has 0 saturated carbocycles. The maximum absolute atomic E-state index is 11.2. The zero-order valence-electron chi connectivity index (χ0n) is 12.5. The third-order valence-corrected chi connectivity index (χ3v) is 3.41. The van der Waals surface area contributed by atoms with E-state index in [0.29, 0.717) is 11.6 Å². The minimum absolute atomic E-state index is 0.0510. The number of nitro groups is 1. The average Bonchev–Trinajstić information content (AvgIpc) is 2.46. The number of methoxy groups -OCH3 is 1. The molecule has 0 spiro atoms. The van der Waals surface area contributed by atoms with Crippen LogP contribution >= 0.6 is 0 Å². The van der Waals surface area contributed by atoms with Gasteiger partial charge in [-0.15, -0.1) is 0 Å². The molecule has 6 heteroatoms. The summed E-state index contributed by atoms with van der Waals surface area (Å²) in [5, 5.41) is 14.6. The quantitative estimate of drug-likeness (QED) is 0.585. The normalized spacial score (nSPS) is 13.8. The molecule has 1 rings (SSSR count). The van der Waals surface area contributed by atoms with Gasteiger partial charge in [0.1, 0.15) is 5.69 Å². The first-order valence-electron chi connectivity index (χ1n) is 6.97. The van der Waals surface area contributed by atoms with Gasteiger partial charge in [0.2, 0.25) is 5.88 Å². The van der Waals surface area contributed by atoms with Crippen LogP contribution in [0.2, 0.25) is 0 Å². The van der Waals surface area contributed by atoms with E-state index in [1.54, 1.807) is 0 Å². The molecule has 1 aromatic heterocycles. The van der Waals surface area contributed by atoms with E-state index < -0.39 is 0 Å². The molecule has 0 aliphatic rings. The summed E-state index contributed by atoms with van der Waals surface area (Å²) in [5.74, 6) is 0.352. The number of hydrogen-bond acceptors (Lipinski definition) is 5. The topological polar surface area (TPSA) is 77.3 Å². The standard InChI is InChI=1S/C14H23N3O3/c1-5-9-15-11(6-2)10(3)14-12(17(18)19)7-8-13(16-14)20-4/h7-8,10-11,15H,5-6,9H2,1-4H3. The SMILES string of the molecule is CCCNC(CC)C(C)c1nc(OC)ccc1[N+](=O)[O-]. The summed E-state index contributed by atoms with van der Waals surface area (Å²) >= 11 is 0. The van der Waals surface area contributed by atoms with Crippen molar-refractivity contribution >= 4 is 5.69 Å². The Bertz CT molecular complexity index is 451. The molecule has 0 aromatic carbocycles. The number of nitrogens with zero attached hydrogens (tertiary/aromatic N) is 2. The molecule has 0 radical (unpaired) electrons. The molecule has 6 nitrogen and oxygen atoms in total. The van der Waals surface area contributed by atoms with Crippen molar-refractivity contribution in [2.45, 2.75) is 45.6 Å². The van der Waals surface area contributed by atoms with Crippen LogP contribution in [0, 0.1) is 10.1 Å². The van der Waals surface area contributed by atoms with Gasteiger partial charge in [0.25, 0.3) is 5.69 Å². The highest BCUT2D eigenvalue weighted by atomic mass is 16.6. The smallest absolute Gasteiger partial charge is 0.291 e. The Morgan fingerprint density at radius 3 is 2.65 bits per heavy atom. The molecule has 0 bridgehead atoms.